The highest BCUT2D eigenvalue weighted by Gasteiger charge is 2.37. The summed E-state index contributed by atoms with van der Waals surface area (Å²) >= 11 is 0. The first-order chi connectivity index (χ1) is 19.1. The summed E-state index contributed by atoms with van der Waals surface area (Å²) in [7, 11) is 0. The van der Waals surface area contributed by atoms with E-state index < -0.39 is 40.8 Å². The van der Waals surface area contributed by atoms with Crippen molar-refractivity contribution in [2.75, 3.05) is 0 Å². The van der Waals surface area contributed by atoms with Gasteiger partial charge in [-0.25, -0.2) is 0 Å². The maximum atomic E-state index is 14.0. The molecular formula is C30H22O10. The van der Waals surface area contributed by atoms with Crippen LogP contribution in [0.3, 0.4) is 0 Å². The molecule has 0 amide bonds. The van der Waals surface area contributed by atoms with Crippen LogP contribution in [0.2, 0.25) is 0 Å². The number of phenolic OH excluding ortho intramolecular Hbond substituents is 6. The van der Waals surface area contributed by atoms with E-state index in [1.807, 2.05) is 0 Å². The molecular weight excluding hydrogens is 520 g/mol. The molecule has 1 aromatic heterocycles. The minimum Gasteiger partial charge on any atom is -0.508 e. The summed E-state index contributed by atoms with van der Waals surface area (Å²) in [5.74, 6) is -2.98. The molecule has 1 aliphatic rings. The maximum absolute atomic E-state index is 14.0. The predicted molar refractivity (Wildman–Crippen MR) is 141 cm³/mol. The van der Waals surface area contributed by atoms with Gasteiger partial charge in [0.1, 0.15) is 46.2 Å². The van der Waals surface area contributed by atoms with Gasteiger partial charge in [-0.3, -0.25) is 4.79 Å². The summed E-state index contributed by atoms with van der Waals surface area (Å²) in [4.78, 5) is 14.0. The van der Waals surface area contributed by atoms with Gasteiger partial charge in [-0.15, -0.1) is 0 Å². The van der Waals surface area contributed by atoms with E-state index in [1.54, 1.807) is 12.1 Å². The molecule has 1 aliphatic heterocycles. The van der Waals surface area contributed by atoms with E-state index in [0.29, 0.717) is 11.1 Å². The van der Waals surface area contributed by atoms with Crippen molar-refractivity contribution in [1.29, 1.82) is 0 Å². The number of ketones is 1. The Bertz CT molecular complexity index is 1790. The van der Waals surface area contributed by atoms with Crippen LogP contribution in [-0.2, 0) is 6.42 Å². The van der Waals surface area contributed by atoms with Crippen LogP contribution < -0.4 is 4.74 Å². The second kappa shape index (κ2) is 9.14. The third-order valence-corrected chi connectivity index (χ3v) is 6.92. The van der Waals surface area contributed by atoms with Crippen molar-refractivity contribution in [3.8, 4) is 51.6 Å². The van der Waals surface area contributed by atoms with Crippen LogP contribution in [0.15, 0.2) is 71.1 Å². The zero-order valence-electron chi connectivity index (χ0n) is 20.6. The van der Waals surface area contributed by atoms with Gasteiger partial charge in [0.15, 0.2) is 11.5 Å². The van der Waals surface area contributed by atoms with Crippen LogP contribution in [0.4, 0.5) is 0 Å². The predicted octanol–water partition coefficient (Wildman–Crippen LogP) is 4.60. The van der Waals surface area contributed by atoms with Crippen molar-refractivity contribution in [3.05, 3.63) is 89.0 Å². The Hall–Kier alpha value is -5.35. The van der Waals surface area contributed by atoms with Gasteiger partial charge in [-0.1, -0.05) is 12.1 Å². The number of phenols is 6. The van der Waals surface area contributed by atoms with E-state index in [4.69, 9.17) is 9.15 Å². The second-order valence-electron chi connectivity index (χ2n) is 9.52. The molecule has 4 aromatic carbocycles. The Morgan fingerprint density at radius 1 is 0.775 bits per heavy atom. The summed E-state index contributed by atoms with van der Waals surface area (Å²) < 4.78 is 12.3. The molecule has 5 aromatic rings. The first kappa shape index (κ1) is 25.0. The highest BCUT2D eigenvalue weighted by Crippen LogP contribution is 2.50. The Kier molecular flexibility index (Phi) is 5.70. The summed E-state index contributed by atoms with van der Waals surface area (Å²) in [6.07, 6.45) is -2.07. The SMILES string of the molecule is O=C(c1cc(O)cc(O)c1O)c1c(-c2ccc(O)cc2)oc2cc(O)c3c(c12)OC(c1ccc(O)cc1)C(O)C3. The number of carbonyl (C=O) groups excluding carboxylic acids is 1. The fourth-order valence-corrected chi connectivity index (χ4v) is 5.00. The summed E-state index contributed by atoms with van der Waals surface area (Å²) in [6, 6.07) is 14.9. The molecule has 10 nitrogen and oxygen atoms in total. The number of aliphatic hydroxyl groups is 1. The molecule has 10 heteroatoms. The number of hydrogen-bond donors (Lipinski definition) is 7. The zero-order chi connectivity index (χ0) is 28.3. The van der Waals surface area contributed by atoms with Gasteiger partial charge in [-0.2, -0.15) is 0 Å². The minimum absolute atomic E-state index is 0.00550. The average Bonchev–Trinajstić information content (AvgIpc) is 3.30. The van der Waals surface area contributed by atoms with Crippen molar-refractivity contribution in [2.45, 2.75) is 18.6 Å². The molecule has 0 fully saturated rings. The first-order valence-electron chi connectivity index (χ1n) is 12.2. The number of aliphatic hydroxyl groups excluding tert-OH is 1. The Balaban J connectivity index is 1.63. The third-order valence-electron chi connectivity index (χ3n) is 6.92. The van der Waals surface area contributed by atoms with Gasteiger partial charge in [0, 0.05) is 29.7 Å². The smallest absolute Gasteiger partial charge is 0.201 e. The lowest BCUT2D eigenvalue weighted by Gasteiger charge is -2.31. The van der Waals surface area contributed by atoms with E-state index in [1.165, 1.54) is 42.5 Å². The largest absolute Gasteiger partial charge is 0.508 e. The van der Waals surface area contributed by atoms with E-state index in [-0.39, 0.29) is 57.3 Å². The van der Waals surface area contributed by atoms with Crippen LogP contribution in [-0.4, -0.2) is 47.6 Å². The van der Waals surface area contributed by atoms with Crippen LogP contribution in [0.5, 0.6) is 40.2 Å². The molecule has 40 heavy (non-hydrogen) atoms. The molecule has 0 bridgehead atoms. The van der Waals surface area contributed by atoms with Gasteiger partial charge in [0.2, 0.25) is 5.78 Å². The van der Waals surface area contributed by atoms with Crippen molar-refractivity contribution in [3.63, 3.8) is 0 Å². The van der Waals surface area contributed by atoms with Crippen molar-refractivity contribution in [2.24, 2.45) is 0 Å². The summed E-state index contributed by atoms with van der Waals surface area (Å²) in [6.45, 7) is 0. The first-order valence-corrected chi connectivity index (χ1v) is 12.2. The zero-order valence-corrected chi connectivity index (χ0v) is 20.6. The number of benzene rings is 4. The summed E-state index contributed by atoms with van der Waals surface area (Å²) in [5.41, 5.74) is 0.613. The highest BCUT2D eigenvalue weighted by atomic mass is 16.5. The van der Waals surface area contributed by atoms with Crippen LogP contribution >= 0.6 is 0 Å². The number of fused-ring (bicyclic) bond motifs is 3. The molecule has 2 heterocycles. The number of carbonyl (C=O) groups is 1. The van der Waals surface area contributed by atoms with Gasteiger partial charge in [-0.05, 0) is 48.0 Å². The van der Waals surface area contributed by atoms with Crippen LogP contribution in [0.1, 0.15) is 33.2 Å². The third kappa shape index (κ3) is 3.98. The summed E-state index contributed by atoms with van der Waals surface area (Å²) in [5, 5.41) is 72.0. The molecule has 2 atom stereocenters. The molecule has 0 aliphatic carbocycles. The highest BCUT2D eigenvalue weighted by molar-refractivity contribution is 6.22. The fourth-order valence-electron chi connectivity index (χ4n) is 5.00. The molecule has 202 valence electrons. The lowest BCUT2D eigenvalue weighted by molar-refractivity contribution is 0.0211. The number of aromatic hydroxyl groups is 6. The van der Waals surface area contributed by atoms with E-state index in [0.717, 1.165) is 12.1 Å². The van der Waals surface area contributed by atoms with Crippen molar-refractivity contribution in [1.82, 2.24) is 0 Å². The minimum atomic E-state index is -1.09. The normalized spacial score (nSPS) is 16.4. The molecule has 7 N–H and O–H groups in total. The lowest BCUT2D eigenvalue weighted by Crippen LogP contribution is -2.30. The molecule has 2 unspecified atom stereocenters. The average molecular weight is 542 g/mol. The quantitative estimate of drug-likeness (QED) is 0.0963. The van der Waals surface area contributed by atoms with Gasteiger partial charge in [0.05, 0.1) is 22.6 Å². The molecule has 0 spiro atoms. The van der Waals surface area contributed by atoms with Crippen LogP contribution in [0, 0.1) is 0 Å². The molecule has 0 radical (unpaired) electrons. The van der Waals surface area contributed by atoms with E-state index >= 15 is 0 Å². The second-order valence-corrected chi connectivity index (χ2v) is 9.52. The number of rotatable bonds is 4. The molecule has 0 saturated heterocycles. The number of furan rings is 1. The molecule has 0 saturated carbocycles. The number of ether oxygens (including phenoxy) is 1. The Morgan fingerprint density at radius 2 is 1.43 bits per heavy atom. The molecule has 6 rings (SSSR count). The fraction of sp³-hybridized carbons (Fsp3) is 0.100. The Morgan fingerprint density at radius 3 is 2.10 bits per heavy atom. The van der Waals surface area contributed by atoms with Crippen molar-refractivity contribution < 1.29 is 49.7 Å². The topological polar surface area (TPSA) is 181 Å². The Labute approximate surface area is 225 Å². The van der Waals surface area contributed by atoms with Crippen LogP contribution in [0.25, 0.3) is 22.3 Å². The van der Waals surface area contributed by atoms with Gasteiger partial charge in [0.25, 0.3) is 0 Å². The number of hydrogen-bond acceptors (Lipinski definition) is 10. The monoisotopic (exact) mass is 542 g/mol. The lowest BCUT2D eigenvalue weighted by atomic mass is 9.90. The standard InChI is InChI=1S/C30H22O10/c31-15-5-1-13(2-6-15)28-22(36)11-18-20(34)12-23-24(30(18)40-28)25(29(39-23)14-3-7-16(32)8-4-14)27(38)19-9-17(33)10-21(35)26(19)37/h1-10,12,22,28,31-37H,11H2. The van der Waals surface area contributed by atoms with Gasteiger partial charge < -0.3 is 44.9 Å². The maximum Gasteiger partial charge on any atom is 0.201 e. The van der Waals surface area contributed by atoms with E-state index in [2.05, 4.69) is 0 Å². The van der Waals surface area contributed by atoms with Crippen molar-refractivity contribution >= 4 is 16.8 Å². The van der Waals surface area contributed by atoms with E-state index in [9.17, 15) is 40.5 Å². The van der Waals surface area contributed by atoms with Gasteiger partial charge >= 0.3 is 0 Å².